The molecule has 1 aliphatic carbocycles. The molecule has 2 saturated heterocycles. The van der Waals surface area contributed by atoms with E-state index in [0.717, 1.165) is 45.1 Å². The molecule has 1 aromatic carbocycles. The topological polar surface area (TPSA) is 65.4 Å². The van der Waals surface area contributed by atoms with Gasteiger partial charge in [0.15, 0.2) is 0 Å². The van der Waals surface area contributed by atoms with Gasteiger partial charge >= 0.3 is 0 Å². The van der Waals surface area contributed by atoms with Crippen LogP contribution in [0.15, 0.2) is 41.3 Å². The summed E-state index contributed by atoms with van der Waals surface area (Å²) in [4.78, 5) is 12.3. The molecule has 0 spiro atoms. The standard InChI is InChI=1S/C16H18ClN3O2.C7H12O/c17-15-14(18-9-12-5-4-8-22-11-12)10-19-20(16(15)21)13-6-2-1-3-7-13;1-2-7(8-5-1)6-3-4-6/h1-3,6-7,10,12,18H,4-5,8-9,11H2;6-7H,1-5H2. The van der Waals surface area contributed by atoms with Crippen molar-refractivity contribution in [3.8, 4) is 5.69 Å². The van der Waals surface area contributed by atoms with Gasteiger partial charge in [-0.25, -0.2) is 0 Å². The Balaban J connectivity index is 0.000000225. The summed E-state index contributed by atoms with van der Waals surface area (Å²) < 4.78 is 12.2. The Kier molecular flexibility index (Phi) is 7.42. The van der Waals surface area contributed by atoms with Gasteiger partial charge in [0.1, 0.15) is 5.02 Å². The number of anilines is 1. The molecular weight excluding hydrogens is 402 g/mol. The van der Waals surface area contributed by atoms with Gasteiger partial charge in [0.25, 0.3) is 5.56 Å². The Morgan fingerprint density at radius 3 is 2.57 bits per heavy atom. The number of benzene rings is 1. The Morgan fingerprint density at radius 1 is 1.10 bits per heavy atom. The third kappa shape index (κ3) is 5.62. The van der Waals surface area contributed by atoms with Crippen LogP contribution in [0.1, 0.15) is 38.5 Å². The highest BCUT2D eigenvalue weighted by Gasteiger charge is 2.33. The van der Waals surface area contributed by atoms with Gasteiger partial charge in [0.2, 0.25) is 0 Å². The van der Waals surface area contributed by atoms with Crippen molar-refractivity contribution in [2.45, 2.75) is 44.6 Å². The second-order valence-corrected chi connectivity index (χ2v) is 8.66. The Bertz CT molecular complexity index is 858. The summed E-state index contributed by atoms with van der Waals surface area (Å²) in [5.74, 6) is 1.42. The summed E-state index contributed by atoms with van der Waals surface area (Å²) in [6.45, 7) is 3.35. The zero-order chi connectivity index (χ0) is 20.8. The number of hydrogen-bond acceptors (Lipinski definition) is 5. The lowest BCUT2D eigenvalue weighted by atomic mass is 10.0. The predicted molar refractivity (Wildman–Crippen MR) is 119 cm³/mol. The van der Waals surface area contributed by atoms with Crippen LogP contribution < -0.4 is 10.9 Å². The number of halogens is 1. The van der Waals surface area contributed by atoms with Crippen molar-refractivity contribution in [2.24, 2.45) is 11.8 Å². The normalized spacial score (nSPS) is 23.5. The molecule has 1 saturated carbocycles. The van der Waals surface area contributed by atoms with Crippen molar-refractivity contribution >= 4 is 17.3 Å². The van der Waals surface area contributed by atoms with Gasteiger partial charge in [0, 0.05) is 19.8 Å². The molecule has 2 atom stereocenters. The first kappa shape index (κ1) is 21.3. The molecule has 3 fully saturated rings. The third-order valence-electron chi connectivity index (χ3n) is 5.87. The van der Waals surface area contributed by atoms with Gasteiger partial charge < -0.3 is 14.8 Å². The number of aromatic nitrogens is 2. The van der Waals surface area contributed by atoms with Gasteiger partial charge in [-0.15, -0.1) is 0 Å². The van der Waals surface area contributed by atoms with E-state index < -0.39 is 0 Å². The zero-order valence-electron chi connectivity index (χ0n) is 17.3. The number of ether oxygens (including phenoxy) is 2. The molecule has 30 heavy (non-hydrogen) atoms. The minimum absolute atomic E-state index is 0.163. The van der Waals surface area contributed by atoms with Crippen LogP contribution in [0.2, 0.25) is 5.02 Å². The summed E-state index contributed by atoms with van der Waals surface area (Å²) in [5, 5.41) is 7.58. The van der Waals surface area contributed by atoms with E-state index in [9.17, 15) is 4.79 Å². The Morgan fingerprint density at radius 2 is 1.90 bits per heavy atom. The van der Waals surface area contributed by atoms with E-state index in [2.05, 4.69) is 10.4 Å². The summed E-state index contributed by atoms with van der Waals surface area (Å²) in [6.07, 6.45) is 9.99. The van der Waals surface area contributed by atoms with Crippen LogP contribution in [0.25, 0.3) is 5.69 Å². The van der Waals surface area contributed by atoms with E-state index in [1.165, 1.54) is 30.4 Å². The minimum Gasteiger partial charge on any atom is -0.382 e. The number of rotatable bonds is 5. The second kappa shape index (κ2) is 10.4. The summed E-state index contributed by atoms with van der Waals surface area (Å²) in [6, 6.07) is 9.23. The monoisotopic (exact) mass is 431 g/mol. The quantitative estimate of drug-likeness (QED) is 0.764. The average Bonchev–Trinajstić information content (AvgIpc) is 3.50. The maximum absolute atomic E-state index is 12.3. The maximum atomic E-state index is 12.3. The summed E-state index contributed by atoms with van der Waals surface area (Å²) in [5.41, 5.74) is 0.948. The SMILES string of the molecule is C1COC(C2CC2)C1.O=c1c(Cl)c(NCC2CCCOC2)cnn1-c1ccccc1. The lowest BCUT2D eigenvalue weighted by molar-refractivity contribution is 0.0595. The van der Waals surface area contributed by atoms with Crippen molar-refractivity contribution in [2.75, 3.05) is 31.7 Å². The fraction of sp³-hybridized carbons (Fsp3) is 0.565. The first-order chi connectivity index (χ1) is 14.7. The van der Waals surface area contributed by atoms with Crippen LogP contribution >= 0.6 is 11.6 Å². The van der Waals surface area contributed by atoms with Crippen LogP contribution in [-0.2, 0) is 9.47 Å². The van der Waals surface area contributed by atoms with Crippen LogP contribution in [-0.4, -0.2) is 42.2 Å². The largest absolute Gasteiger partial charge is 0.382 e. The molecule has 2 aliphatic heterocycles. The molecule has 2 unspecified atom stereocenters. The summed E-state index contributed by atoms with van der Waals surface area (Å²) in [7, 11) is 0. The Hall–Kier alpha value is -1.89. The second-order valence-electron chi connectivity index (χ2n) is 8.28. The molecule has 2 aromatic rings. The van der Waals surface area contributed by atoms with Crippen LogP contribution in [0.4, 0.5) is 5.69 Å². The van der Waals surface area contributed by atoms with E-state index in [4.69, 9.17) is 21.1 Å². The van der Waals surface area contributed by atoms with E-state index >= 15 is 0 Å². The van der Waals surface area contributed by atoms with Crippen molar-refractivity contribution in [3.63, 3.8) is 0 Å². The molecule has 162 valence electrons. The fourth-order valence-corrected chi connectivity index (χ4v) is 4.17. The lowest BCUT2D eigenvalue weighted by Gasteiger charge is -2.22. The predicted octanol–water partition coefficient (Wildman–Crippen LogP) is 4.30. The highest BCUT2D eigenvalue weighted by Crippen LogP contribution is 2.38. The number of para-hydroxylation sites is 1. The van der Waals surface area contributed by atoms with E-state index in [-0.39, 0.29) is 10.6 Å². The van der Waals surface area contributed by atoms with E-state index in [1.54, 1.807) is 6.20 Å². The molecule has 7 heteroatoms. The molecule has 6 nitrogen and oxygen atoms in total. The highest BCUT2D eigenvalue weighted by atomic mass is 35.5. The van der Waals surface area contributed by atoms with Gasteiger partial charge in [-0.3, -0.25) is 4.79 Å². The first-order valence-electron chi connectivity index (χ1n) is 11.0. The van der Waals surface area contributed by atoms with Gasteiger partial charge in [-0.1, -0.05) is 29.8 Å². The molecule has 1 aromatic heterocycles. The number of nitrogens with one attached hydrogen (secondary N) is 1. The van der Waals surface area contributed by atoms with Gasteiger partial charge in [-0.05, 0) is 62.5 Å². The fourth-order valence-electron chi connectivity index (χ4n) is 3.97. The molecule has 0 amide bonds. The highest BCUT2D eigenvalue weighted by molar-refractivity contribution is 6.32. The minimum atomic E-state index is -0.322. The van der Waals surface area contributed by atoms with Crippen LogP contribution in [0.3, 0.4) is 0 Å². The van der Waals surface area contributed by atoms with Gasteiger partial charge in [-0.2, -0.15) is 9.78 Å². The molecular formula is C23H30ClN3O3. The van der Waals surface area contributed by atoms with Gasteiger partial charge in [0.05, 0.1) is 30.3 Å². The molecule has 1 N–H and O–H groups in total. The van der Waals surface area contributed by atoms with Crippen molar-refractivity contribution in [1.82, 2.24) is 9.78 Å². The van der Waals surface area contributed by atoms with Crippen molar-refractivity contribution < 1.29 is 9.47 Å². The van der Waals surface area contributed by atoms with Crippen LogP contribution in [0, 0.1) is 11.8 Å². The van der Waals surface area contributed by atoms with Crippen molar-refractivity contribution in [1.29, 1.82) is 0 Å². The maximum Gasteiger partial charge on any atom is 0.292 e. The smallest absolute Gasteiger partial charge is 0.292 e. The number of nitrogens with zero attached hydrogens (tertiary/aromatic N) is 2. The molecule has 3 heterocycles. The van der Waals surface area contributed by atoms with E-state index in [1.807, 2.05) is 30.3 Å². The average molecular weight is 432 g/mol. The molecule has 3 aliphatic rings. The summed E-state index contributed by atoms with van der Waals surface area (Å²) >= 11 is 6.20. The molecule has 0 radical (unpaired) electrons. The number of hydrogen-bond donors (Lipinski definition) is 1. The zero-order valence-corrected chi connectivity index (χ0v) is 18.0. The Labute approximate surface area is 182 Å². The lowest BCUT2D eigenvalue weighted by Crippen LogP contribution is -2.26. The molecule has 5 rings (SSSR count). The molecule has 0 bridgehead atoms. The van der Waals surface area contributed by atoms with Crippen LogP contribution in [0.5, 0.6) is 0 Å². The van der Waals surface area contributed by atoms with Crippen molar-refractivity contribution in [3.05, 3.63) is 51.9 Å². The van der Waals surface area contributed by atoms with E-state index in [0.29, 0.717) is 23.4 Å². The first-order valence-corrected chi connectivity index (χ1v) is 11.4. The third-order valence-corrected chi connectivity index (χ3v) is 6.23.